The molecule has 1 heterocycles. The van der Waals surface area contributed by atoms with Crippen LogP contribution < -0.4 is 5.73 Å². The number of aromatic nitrogens is 2. The molecule has 2 atom stereocenters. The van der Waals surface area contributed by atoms with Crippen molar-refractivity contribution in [3.63, 3.8) is 0 Å². The van der Waals surface area contributed by atoms with Crippen molar-refractivity contribution in [2.75, 3.05) is 5.73 Å². The van der Waals surface area contributed by atoms with Crippen molar-refractivity contribution in [1.82, 2.24) is 9.97 Å². The lowest BCUT2D eigenvalue weighted by Gasteiger charge is -2.28. The quantitative estimate of drug-likeness (QED) is 0.706. The molecule has 0 fully saturated rings. The lowest BCUT2D eigenvalue weighted by molar-refractivity contribution is -0.184. The van der Waals surface area contributed by atoms with E-state index in [0.717, 1.165) is 0 Å². The van der Waals surface area contributed by atoms with Gasteiger partial charge < -0.3 is 10.8 Å². The number of nitrogens with two attached hydrogens (primary N) is 1. The van der Waals surface area contributed by atoms with Gasteiger partial charge in [0.25, 0.3) is 0 Å². The summed E-state index contributed by atoms with van der Waals surface area (Å²) < 4.78 is 37.6. The Bertz CT molecular complexity index is 407. The molecule has 3 N–H and O–H groups in total. The van der Waals surface area contributed by atoms with Gasteiger partial charge in [-0.05, 0) is 6.42 Å². The summed E-state index contributed by atoms with van der Waals surface area (Å²) in [7, 11) is 0. The predicted octanol–water partition coefficient (Wildman–Crippen LogP) is 1.22. The van der Waals surface area contributed by atoms with Crippen LogP contribution in [0.4, 0.5) is 19.1 Å². The van der Waals surface area contributed by atoms with Gasteiger partial charge in [0.15, 0.2) is 0 Å². The van der Waals surface area contributed by atoms with Crippen LogP contribution in [0.3, 0.4) is 0 Å². The maximum atomic E-state index is 12.5. The van der Waals surface area contributed by atoms with Crippen molar-refractivity contribution in [3.8, 4) is 0 Å². The van der Waals surface area contributed by atoms with E-state index in [0.29, 0.717) is 5.56 Å². The molecule has 1 aliphatic rings. The van der Waals surface area contributed by atoms with E-state index < -0.39 is 18.2 Å². The summed E-state index contributed by atoms with van der Waals surface area (Å²) in [6, 6.07) is 0. The molecule has 0 unspecified atom stereocenters. The molecule has 0 saturated carbocycles. The Balaban J connectivity index is 2.35. The molecular formula is C9H10F3N3O. The Labute approximate surface area is 89.3 Å². The number of halogens is 3. The molecule has 0 amide bonds. The largest absolute Gasteiger partial charge is 0.392 e. The fourth-order valence-electron chi connectivity index (χ4n) is 1.85. The van der Waals surface area contributed by atoms with Crippen LogP contribution in [0.5, 0.6) is 0 Å². The molecule has 0 aliphatic heterocycles. The fraction of sp³-hybridized carbons (Fsp3) is 0.556. The van der Waals surface area contributed by atoms with Gasteiger partial charge in [0.05, 0.1) is 17.7 Å². The van der Waals surface area contributed by atoms with Crippen LogP contribution in [0.25, 0.3) is 0 Å². The number of alkyl halides is 3. The Hall–Kier alpha value is -1.37. The molecule has 2 rings (SSSR count). The van der Waals surface area contributed by atoms with E-state index in [1.807, 2.05) is 0 Å². The van der Waals surface area contributed by atoms with Gasteiger partial charge in [-0.25, -0.2) is 9.97 Å². The molecule has 1 aromatic rings. The van der Waals surface area contributed by atoms with Crippen LogP contribution in [0.15, 0.2) is 6.20 Å². The summed E-state index contributed by atoms with van der Waals surface area (Å²) >= 11 is 0. The molecule has 0 bridgehead atoms. The first kappa shape index (κ1) is 11.1. The zero-order chi connectivity index (χ0) is 11.9. The number of aliphatic hydroxyl groups is 1. The second-order valence-corrected chi connectivity index (χ2v) is 3.82. The highest BCUT2D eigenvalue weighted by Gasteiger charge is 2.44. The Morgan fingerprint density at radius 2 is 2.12 bits per heavy atom. The first-order valence-electron chi connectivity index (χ1n) is 4.74. The average Bonchev–Trinajstić information content (AvgIpc) is 2.15. The molecule has 16 heavy (non-hydrogen) atoms. The minimum absolute atomic E-state index is 0.0752. The van der Waals surface area contributed by atoms with Gasteiger partial charge in [0.2, 0.25) is 5.95 Å². The molecule has 0 aromatic carbocycles. The number of nitrogens with zero attached hydrogens (tertiary/aromatic N) is 2. The van der Waals surface area contributed by atoms with Crippen LogP contribution in [0, 0.1) is 5.92 Å². The van der Waals surface area contributed by atoms with Crippen molar-refractivity contribution in [1.29, 1.82) is 0 Å². The lowest BCUT2D eigenvalue weighted by Crippen LogP contribution is -2.31. The maximum absolute atomic E-state index is 12.5. The third kappa shape index (κ3) is 1.95. The van der Waals surface area contributed by atoms with Gasteiger partial charge in [-0.15, -0.1) is 0 Å². The number of aliphatic hydroxyl groups excluding tert-OH is 1. The van der Waals surface area contributed by atoms with Crippen molar-refractivity contribution in [2.45, 2.75) is 25.1 Å². The van der Waals surface area contributed by atoms with E-state index in [1.54, 1.807) is 0 Å². The summed E-state index contributed by atoms with van der Waals surface area (Å²) in [6.07, 6.45) is -4.80. The van der Waals surface area contributed by atoms with Gasteiger partial charge in [0, 0.05) is 18.2 Å². The number of anilines is 1. The number of nitrogen functional groups attached to an aromatic ring is 1. The summed E-state index contributed by atoms with van der Waals surface area (Å²) in [4.78, 5) is 7.39. The maximum Gasteiger partial charge on any atom is 0.392 e. The molecule has 1 aromatic heterocycles. The van der Waals surface area contributed by atoms with Crippen molar-refractivity contribution in [2.24, 2.45) is 5.92 Å². The predicted molar refractivity (Wildman–Crippen MR) is 49.3 cm³/mol. The monoisotopic (exact) mass is 233 g/mol. The second-order valence-electron chi connectivity index (χ2n) is 3.82. The molecule has 0 spiro atoms. The van der Waals surface area contributed by atoms with Gasteiger partial charge >= 0.3 is 6.18 Å². The van der Waals surface area contributed by atoms with Gasteiger partial charge in [-0.1, -0.05) is 0 Å². The zero-order valence-electron chi connectivity index (χ0n) is 8.20. The topological polar surface area (TPSA) is 72.0 Å². The molecular weight excluding hydrogens is 223 g/mol. The SMILES string of the molecule is Nc1ncc2c(n1)C[C@@H](C(F)(F)F)C[C@H]2O. The number of rotatable bonds is 0. The van der Waals surface area contributed by atoms with E-state index in [9.17, 15) is 18.3 Å². The Kier molecular flexibility index (Phi) is 2.49. The van der Waals surface area contributed by atoms with Gasteiger partial charge in [-0.2, -0.15) is 13.2 Å². The Morgan fingerprint density at radius 3 is 2.75 bits per heavy atom. The molecule has 7 heteroatoms. The smallest absolute Gasteiger partial charge is 0.388 e. The summed E-state index contributed by atoms with van der Waals surface area (Å²) in [5, 5.41) is 9.57. The molecule has 4 nitrogen and oxygen atoms in total. The third-order valence-electron chi connectivity index (χ3n) is 2.69. The zero-order valence-corrected chi connectivity index (χ0v) is 8.20. The van der Waals surface area contributed by atoms with E-state index in [1.165, 1.54) is 6.20 Å². The second kappa shape index (κ2) is 3.58. The Morgan fingerprint density at radius 1 is 1.44 bits per heavy atom. The minimum Gasteiger partial charge on any atom is -0.388 e. The molecule has 88 valence electrons. The van der Waals surface area contributed by atoms with Crippen LogP contribution in [-0.4, -0.2) is 21.3 Å². The first-order valence-corrected chi connectivity index (χ1v) is 4.74. The highest BCUT2D eigenvalue weighted by atomic mass is 19.4. The van der Waals surface area contributed by atoms with Crippen LogP contribution in [0.1, 0.15) is 23.8 Å². The fourth-order valence-corrected chi connectivity index (χ4v) is 1.85. The van der Waals surface area contributed by atoms with E-state index >= 15 is 0 Å². The highest BCUT2D eigenvalue weighted by molar-refractivity contribution is 5.29. The summed E-state index contributed by atoms with van der Waals surface area (Å²) in [5.41, 5.74) is 5.83. The molecule has 1 aliphatic carbocycles. The minimum atomic E-state index is -4.32. The highest BCUT2D eigenvalue weighted by Crippen LogP contribution is 2.40. The van der Waals surface area contributed by atoms with Crippen LogP contribution in [0.2, 0.25) is 0 Å². The first-order chi connectivity index (χ1) is 7.38. The number of fused-ring (bicyclic) bond motifs is 1. The van der Waals surface area contributed by atoms with Crippen LogP contribution >= 0.6 is 0 Å². The van der Waals surface area contributed by atoms with E-state index in [-0.39, 0.29) is 24.5 Å². The molecule has 0 saturated heterocycles. The third-order valence-corrected chi connectivity index (χ3v) is 2.69. The standard InChI is InChI=1S/C9H10F3N3O/c10-9(11,12)4-1-6-5(7(16)2-4)3-14-8(13)15-6/h3-4,7,16H,1-2H2,(H2,13,14,15)/t4-,7-/m1/s1. The van der Waals surface area contributed by atoms with Crippen molar-refractivity contribution >= 4 is 5.95 Å². The van der Waals surface area contributed by atoms with E-state index in [4.69, 9.17) is 5.73 Å². The van der Waals surface area contributed by atoms with Gasteiger partial charge in [-0.3, -0.25) is 0 Å². The van der Waals surface area contributed by atoms with Crippen molar-refractivity contribution < 1.29 is 18.3 Å². The number of hydrogen-bond acceptors (Lipinski definition) is 4. The van der Waals surface area contributed by atoms with Gasteiger partial charge in [0.1, 0.15) is 0 Å². The van der Waals surface area contributed by atoms with E-state index in [2.05, 4.69) is 9.97 Å². The average molecular weight is 233 g/mol. The summed E-state index contributed by atoms with van der Waals surface area (Å²) in [5.74, 6) is -1.64. The number of hydrogen-bond donors (Lipinski definition) is 2. The van der Waals surface area contributed by atoms with Crippen molar-refractivity contribution in [3.05, 3.63) is 17.5 Å². The molecule has 0 radical (unpaired) electrons. The lowest BCUT2D eigenvalue weighted by atomic mass is 9.85. The normalized spacial score (nSPS) is 25.2. The summed E-state index contributed by atoms with van der Waals surface area (Å²) in [6.45, 7) is 0. The van der Waals surface area contributed by atoms with Crippen LogP contribution in [-0.2, 0) is 6.42 Å².